The Balaban J connectivity index is 1.91. The van der Waals surface area contributed by atoms with E-state index in [2.05, 4.69) is 41.5 Å². The molecule has 6 atom stereocenters. The molecule has 0 amide bonds. The zero-order chi connectivity index (χ0) is 14.3. The predicted molar refractivity (Wildman–Crippen MR) is 85.2 cm³/mol. The lowest BCUT2D eigenvalue weighted by atomic mass is 9.53. The lowest BCUT2D eigenvalue weighted by Gasteiger charge is -2.52. The van der Waals surface area contributed by atoms with Gasteiger partial charge in [-0.05, 0) is 60.2 Å². The molecular weight excluding hydrogens is 228 g/mol. The van der Waals surface area contributed by atoms with E-state index in [1.54, 1.807) is 0 Å². The summed E-state index contributed by atoms with van der Waals surface area (Å²) in [5.74, 6) is 3.91. The Morgan fingerprint density at radius 1 is 1.16 bits per heavy atom. The van der Waals surface area contributed by atoms with Crippen molar-refractivity contribution in [2.45, 2.75) is 86.5 Å². The second-order valence-electron chi connectivity index (χ2n) is 8.49. The molecule has 19 heavy (non-hydrogen) atoms. The molecule has 2 saturated carbocycles. The van der Waals surface area contributed by atoms with Gasteiger partial charge in [0.05, 0.1) is 0 Å². The molecule has 0 heterocycles. The minimum atomic E-state index is 0.664. The van der Waals surface area contributed by atoms with Gasteiger partial charge in [-0.2, -0.15) is 0 Å². The fraction of sp³-hybridized carbons (Fsp3) is 1.00. The molecule has 112 valence electrons. The zero-order valence-electron chi connectivity index (χ0n) is 14.3. The Labute approximate surface area is 121 Å². The highest BCUT2D eigenvalue weighted by atomic mass is 14.6. The monoisotopic (exact) mass is 264 g/mol. The summed E-state index contributed by atoms with van der Waals surface area (Å²) in [6.07, 6.45) is 10.2. The number of rotatable bonds is 7. The maximum atomic E-state index is 2.59. The van der Waals surface area contributed by atoms with Gasteiger partial charge >= 0.3 is 0 Å². The summed E-state index contributed by atoms with van der Waals surface area (Å²) >= 11 is 0. The largest absolute Gasteiger partial charge is 0.0654 e. The molecule has 6 unspecified atom stereocenters. The lowest BCUT2D eigenvalue weighted by Crippen LogP contribution is -2.43. The van der Waals surface area contributed by atoms with E-state index < -0.39 is 0 Å². The van der Waals surface area contributed by atoms with Crippen molar-refractivity contribution in [1.29, 1.82) is 0 Å². The molecule has 0 bridgehead atoms. The maximum Gasteiger partial charge on any atom is -0.0269 e. The van der Waals surface area contributed by atoms with Crippen LogP contribution in [0.25, 0.3) is 0 Å². The summed E-state index contributed by atoms with van der Waals surface area (Å²) < 4.78 is 0. The first kappa shape index (κ1) is 15.4. The van der Waals surface area contributed by atoms with Gasteiger partial charge in [0.25, 0.3) is 0 Å². The van der Waals surface area contributed by atoms with E-state index in [1.165, 1.54) is 44.9 Å². The summed E-state index contributed by atoms with van der Waals surface area (Å²) in [5.41, 5.74) is 1.35. The highest BCUT2D eigenvalue weighted by Gasteiger charge is 2.55. The van der Waals surface area contributed by atoms with E-state index in [0.717, 1.165) is 23.7 Å². The van der Waals surface area contributed by atoms with Gasteiger partial charge in [-0.15, -0.1) is 0 Å². The smallest absolute Gasteiger partial charge is 0.0269 e. The normalized spacial score (nSPS) is 44.5. The molecular formula is C19H36. The first-order valence-corrected chi connectivity index (χ1v) is 8.87. The van der Waals surface area contributed by atoms with Gasteiger partial charge in [0, 0.05) is 0 Å². The molecule has 0 aromatic heterocycles. The van der Waals surface area contributed by atoms with E-state index in [4.69, 9.17) is 0 Å². The van der Waals surface area contributed by atoms with Gasteiger partial charge in [-0.1, -0.05) is 60.8 Å². The minimum Gasteiger partial charge on any atom is -0.0654 e. The molecule has 0 aliphatic heterocycles. The highest BCUT2D eigenvalue weighted by molar-refractivity contribution is 5.05. The summed E-state index contributed by atoms with van der Waals surface area (Å²) in [6, 6.07) is 0. The van der Waals surface area contributed by atoms with Gasteiger partial charge in [-0.3, -0.25) is 0 Å². The van der Waals surface area contributed by atoms with Crippen molar-refractivity contribution in [3.05, 3.63) is 0 Å². The average Bonchev–Trinajstić information content (AvgIpc) is 3.00. The summed E-state index contributed by atoms with van der Waals surface area (Å²) in [6.45, 7) is 14.9. The van der Waals surface area contributed by atoms with Gasteiger partial charge in [0.1, 0.15) is 0 Å². The quantitative estimate of drug-likeness (QED) is 0.506. The van der Waals surface area contributed by atoms with Crippen molar-refractivity contribution < 1.29 is 0 Å². The molecule has 2 rings (SSSR count). The van der Waals surface area contributed by atoms with Gasteiger partial charge in [0.2, 0.25) is 0 Å². The topological polar surface area (TPSA) is 0 Å². The average molecular weight is 264 g/mol. The standard InChI is InChI=1S/C19H36/c1-7-9-16-13-19(16,6)15(4)12-18(5)11-10-17(18)14(3)8-2/h14-17H,7-13H2,1-6H3. The molecule has 2 aliphatic rings. The maximum absolute atomic E-state index is 2.59. The molecule has 0 N–H and O–H groups in total. The fourth-order valence-electron chi connectivity index (χ4n) is 5.10. The molecule has 0 heteroatoms. The molecule has 0 aromatic rings. The minimum absolute atomic E-state index is 0.664. The van der Waals surface area contributed by atoms with Crippen molar-refractivity contribution in [1.82, 2.24) is 0 Å². The van der Waals surface area contributed by atoms with Crippen LogP contribution in [0.3, 0.4) is 0 Å². The van der Waals surface area contributed by atoms with Crippen LogP contribution in [0.1, 0.15) is 86.5 Å². The fourth-order valence-corrected chi connectivity index (χ4v) is 5.10. The van der Waals surface area contributed by atoms with Crippen molar-refractivity contribution in [2.24, 2.45) is 34.5 Å². The first-order chi connectivity index (χ1) is 8.87. The van der Waals surface area contributed by atoms with Crippen molar-refractivity contribution in [3.63, 3.8) is 0 Å². The predicted octanol–water partition coefficient (Wildman–Crippen LogP) is 6.30. The molecule has 2 aliphatic carbocycles. The highest BCUT2D eigenvalue weighted by Crippen LogP contribution is 2.64. The Morgan fingerprint density at radius 2 is 1.84 bits per heavy atom. The second-order valence-corrected chi connectivity index (χ2v) is 8.49. The molecule has 0 aromatic carbocycles. The van der Waals surface area contributed by atoms with E-state index in [-0.39, 0.29) is 0 Å². The van der Waals surface area contributed by atoms with Gasteiger partial charge < -0.3 is 0 Å². The van der Waals surface area contributed by atoms with Crippen LogP contribution in [0.5, 0.6) is 0 Å². The number of hydrogen-bond acceptors (Lipinski definition) is 0. The van der Waals surface area contributed by atoms with Crippen LogP contribution < -0.4 is 0 Å². The Morgan fingerprint density at radius 3 is 2.32 bits per heavy atom. The third kappa shape index (κ3) is 2.74. The van der Waals surface area contributed by atoms with E-state index in [1.807, 2.05) is 0 Å². The van der Waals surface area contributed by atoms with Crippen molar-refractivity contribution in [3.8, 4) is 0 Å². The lowest BCUT2D eigenvalue weighted by molar-refractivity contribution is -0.0223. The number of hydrogen-bond donors (Lipinski definition) is 0. The molecule has 0 radical (unpaired) electrons. The molecule has 0 nitrogen and oxygen atoms in total. The van der Waals surface area contributed by atoms with Crippen LogP contribution in [-0.4, -0.2) is 0 Å². The Hall–Kier alpha value is 0. The first-order valence-electron chi connectivity index (χ1n) is 8.87. The van der Waals surface area contributed by atoms with E-state index >= 15 is 0 Å². The van der Waals surface area contributed by atoms with Gasteiger partial charge in [0.15, 0.2) is 0 Å². The van der Waals surface area contributed by atoms with Crippen LogP contribution in [-0.2, 0) is 0 Å². The summed E-state index contributed by atoms with van der Waals surface area (Å²) in [5, 5.41) is 0. The zero-order valence-corrected chi connectivity index (χ0v) is 14.3. The summed E-state index contributed by atoms with van der Waals surface area (Å²) in [7, 11) is 0. The van der Waals surface area contributed by atoms with Crippen molar-refractivity contribution >= 4 is 0 Å². The second kappa shape index (κ2) is 5.41. The van der Waals surface area contributed by atoms with E-state index in [0.29, 0.717) is 10.8 Å². The molecule has 0 spiro atoms. The van der Waals surface area contributed by atoms with Gasteiger partial charge in [-0.25, -0.2) is 0 Å². The molecule has 2 fully saturated rings. The van der Waals surface area contributed by atoms with E-state index in [9.17, 15) is 0 Å². The van der Waals surface area contributed by atoms with Crippen LogP contribution >= 0.6 is 0 Å². The third-order valence-corrected chi connectivity index (χ3v) is 7.25. The third-order valence-electron chi connectivity index (χ3n) is 7.25. The van der Waals surface area contributed by atoms with Crippen LogP contribution in [0.4, 0.5) is 0 Å². The Bertz CT molecular complexity index is 307. The van der Waals surface area contributed by atoms with Crippen molar-refractivity contribution in [2.75, 3.05) is 0 Å². The van der Waals surface area contributed by atoms with Crippen LogP contribution in [0.15, 0.2) is 0 Å². The van der Waals surface area contributed by atoms with Crippen LogP contribution in [0.2, 0.25) is 0 Å². The SMILES string of the molecule is CCCC1CC1(C)C(C)CC1(C)CCC1C(C)CC. The van der Waals surface area contributed by atoms with Crippen LogP contribution in [0, 0.1) is 34.5 Å². The summed E-state index contributed by atoms with van der Waals surface area (Å²) in [4.78, 5) is 0. The molecule has 0 saturated heterocycles. The Kier molecular flexibility index (Phi) is 4.38.